The fourth-order valence-corrected chi connectivity index (χ4v) is 8.59. The van der Waals surface area contributed by atoms with Crippen molar-refractivity contribution in [3.05, 3.63) is 11.6 Å². The molecule has 0 saturated heterocycles. The van der Waals surface area contributed by atoms with E-state index in [2.05, 4.69) is 47.6 Å². The third-order valence-electron chi connectivity index (χ3n) is 10.9. The van der Waals surface area contributed by atoms with E-state index in [-0.39, 0.29) is 0 Å². The Hall–Kier alpha value is -0.590. The molecule has 0 bridgehead atoms. The maximum atomic E-state index is 12.0. The monoisotopic (exact) mass is 398 g/mol. The fourth-order valence-electron chi connectivity index (χ4n) is 8.59. The predicted molar refractivity (Wildman–Crippen MR) is 123 cm³/mol. The van der Waals surface area contributed by atoms with Gasteiger partial charge < -0.3 is 0 Å². The van der Waals surface area contributed by atoms with E-state index >= 15 is 0 Å². The van der Waals surface area contributed by atoms with Gasteiger partial charge in [-0.25, -0.2) is 0 Å². The topological polar surface area (TPSA) is 17.1 Å². The van der Waals surface area contributed by atoms with Crippen molar-refractivity contribution in [1.29, 1.82) is 0 Å². The summed E-state index contributed by atoms with van der Waals surface area (Å²) in [7, 11) is 0. The highest BCUT2D eigenvalue weighted by Crippen LogP contribution is 2.67. The van der Waals surface area contributed by atoms with Crippen LogP contribution in [0, 0.1) is 52.3 Å². The average Bonchev–Trinajstić information content (AvgIpc) is 3.03. The van der Waals surface area contributed by atoms with E-state index in [4.69, 9.17) is 0 Å². The molecule has 4 rings (SSSR count). The van der Waals surface area contributed by atoms with Gasteiger partial charge in [0.15, 0.2) is 5.78 Å². The Kier molecular flexibility index (Phi) is 5.84. The summed E-state index contributed by atoms with van der Waals surface area (Å²) in [6.45, 7) is 15.0. The van der Waals surface area contributed by atoms with Crippen LogP contribution in [0.1, 0.15) is 106 Å². The summed E-state index contributed by atoms with van der Waals surface area (Å²) < 4.78 is 0. The summed E-state index contributed by atoms with van der Waals surface area (Å²) in [6.07, 6.45) is 15.1. The molecule has 29 heavy (non-hydrogen) atoms. The number of fused-ring (bicyclic) bond motifs is 5. The van der Waals surface area contributed by atoms with Crippen LogP contribution in [0.3, 0.4) is 0 Å². The molecule has 0 N–H and O–H groups in total. The third kappa shape index (κ3) is 3.57. The molecular weight excluding hydrogens is 352 g/mol. The minimum absolute atomic E-state index is 0.328. The second kappa shape index (κ2) is 7.83. The first-order valence-corrected chi connectivity index (χ1v) is 12.9. The van der Waals surface area contributed by atoms with E-state index < -0.39 is 0 Å². The molecule has 0 aliphatic heterocycles. The van der Waals surface area contributed by atoms with E-state index in [9.17, 15) is 4.79 Å². The van der Waals surface area contributed by atoms with Gasteiger partial charge in [0.25, 0.3) is 0 Å². The molecule has 0 aromatic rings. The van der Waals surface area contributed by atoms with Crippen molar-refractivity contribution in [3.8, 4) is 0 Å². The standard InChI is InChI=1S/C28H46O/c1-18(2)19(3)7-8-20(4)24-11-12-25-23-10-9-21-17-22(29)13-15-27(21,5)26(23)14-16-28(24,25)6/h17-20,23-26H,7-16H2,1-6H3/t19-,20+,23-,24+,25-,26-,27-,28+/m0/s1. The minimum atomic E-state index is 0.328. The molecule has 0 radical (unpaired) electrons. The number of carbonyl (C=O) groups is 1. The van der Waals surface area contributed by atoms with Crippen LogP contribution in [-0.4, -0.2) is 5.78 Å². The highest BCUT2D eigenvalue weighted by Gasteiger charge is 2.59. The number of hydrogen-bond acceptors (Lipinski definition) is 1. The quantitative estimate of drug-likeness (QED) is 0.461. The van der Waals surface area contributed by atoms with Gasteiger partial charge in [-0.05, 0) is 103 Å². The molecule has 3 fully saturated rings. The molecule has 8 atom stereocenters. The molecule has 0 unspecified atom stereocenters. The second-order valence-corrected chi connectivity index (χ2v) is 12.5. The van der Waals surface area contributed by atoms with E-state index in [1.54, 1.807) is 0 Å². The van der Waals surface area contributed by atoms with Gasteiger partial charge in [0.2, 0.25) is 0 Å². The Balaban J connectivity index is 1.49. The lowest BCUT2D eigenvalue weighted by Crippen LogP contribution is -2.51. The first-order valence-electron chi connectivity index (χ1n) is 12.9. The lowest BCUT2D eigenvalue weighted by Gasteiger charge is -2.58. The number of ketones is 1. The summed E-state index contributed by atoms with van der Waals surface area (Å²) in [6, 6.07) is 0. The molecular formula is C28H46O. The van der Waals surface area contributed by atoms with Crippen molar-refractivity contribution in [2.75, 3.05) is 0 Å². The summed E-state index contributed by atoms with van der Waals surface area (Å²) >= 11 is 0. The predicted octanol–water partition coefficient (Wildman–Crippen LogP) is 7.84. The van der Waals surface area contributed by atoms with Crippen LogP contribution in [0.5, 0.6) is 0 Å². The van der Waals surface area contributed by atoms with Gasteiger partial charge in [0, 0.05) is 6.42 Å². The van der Waals surface area contributed by atoms with Gasteiger partial charge in [0.1, 0.15) is 0 Å². The van der Waals surface area contributed by atoms with Crippen molar-refractivity contribution < 1.29 is 4.79 Å². The SMILES string of the molecule is CC(C)[C@@H](C)CC[C@@H](C)[C@H]1CC[C@H]2[C@@H]3CCC4=CC(=O)CC[C@]4(C)[C@H]3CC[C@]12C. The molecule has 0 amide bonds. The summed E-state index contributed by atoms with van der Waals surface area (Å²) in [5, 5.41) is 0. The van der Waals surface area contributed by atoms with Gasteiger partial charge in [-0.2, -0.15) is 0 Å². The van der Waals surface area contributed by atoms with Crippen molar-refractivity contribution in [2.24, 2.45) is 52.3 Å². The van der Waals surface area contributed by atoms with Crippen LogP contribution >= 0.6 is 0 Å². The molecule has 4 aliphatic rings. The van der Waals surface area contributed by atoms with Crippen molar-refractivity contribution in [3.63, 3.8) is 0 Å². The maximum absolute atomic E-state index is 12.0. The summed E-state index contributed by atoms with van der Waals surface area (Å²) in [4.78, 5) is 12.0. The molecule has 0 aromatic carbocycles. The van der Waals surface area contributed by atoms with Crippen LogP contribution in [-0.2, 0) is 4.79 Å². The van der Waals surface area contributed by atoms with Crippen LogP contribution in [0.4, 0.5) is 0 Å². The Morgan fingerprint density at radius 2 is 1.69 bits per heavy atom. The number of rotatable bonds is 5. The molecule has 1 nitrogen and oxygen atoms in total. The Morgan fingerprint density at radius 1 is 0.931 bits per heavy atom. The van der Waals surface area contributed by atoms with Gasteiger partial charge in [-0.3, -0.25) is 4.79 Å². The largest absolute Gasteiger partial charge is 0.295 e. The minimum Gasteiger partial charge on any atom is -0.295 e. The molecule has 0 aromatic heterocycles. The maximum Gasteiger partial charge on any atom is 0.155 e. The van der Waals surface area contributed by atoms with Gasteiger partial charge >= 0.3 is 0 Å². The molecule has 3 saturated carbocycles. The first-order chi connectivity index (χ1) is 13.7. The zero-order valence-corrected chi connectivity index (χ0v) is 20.1. The Morgan fingerprint density at radius 3 is 2.41 bits per heavy atom. The van der Waals surface area contributed by atoms with Gasteiger partial charge in [-0.1, -0.05) is 60.0 Å². The Labute approximate surface area is 180 Å². The smallest absolute Gasteiger partial charge is 0.155 e. The summed E-state index contributed by atoms with van der Waals surface area (Å²) in [5.41, 5.74) is 2.42. The lowest BCUT2D eigenvalue weighted by atomic mass is 9.46. The molecule has 164 valence electrons. The van der Waals surface area contributed by atoms with Crippen LogP contribution in [0.15, 0.2) is 11.6 Å². The molecule has 0 heterocycles. The third-order valence-corrected chi connectivity index (χ3v) is 10.9. The Bertz CT molecular complexity index is 659. The molecule has 1 heteroatoms. The van der Waals surface area contributed by atoms with Crippen molar-refractivity contribution in [1.82, 2.24) is 0 Å². The van der Waals surface area contributed by atoms with E-state index in [1.165, 1.54) is 56.9 Å². The van der Waals surface area contributed by atoms with E-state index in [0.29, 0.717) is 16.6 Å². The van der Waals surface area contributed by atoms with Crippen molar-refractivity contribution >= 4 is 5.78 Å². The van der Waals surface area contributed by atoms with E-state index in [1.807, 2.05) is 0 Å². The molecule has 0 spiro atoms. The van der Waals surface area contributed by atoms with Gasteiger partial charge in [-0.15, -0.1) is 0 Å². The lowest BCUT2D eigenvalue weighted by molar-refractivity contribution is -0.117. The molecule has 4 aliphatic carbocycles. The average molecular weight is 399 g/mol. The zero-order valence-electron chi connectivity index (χ0n) is 20.1. The highest BCUT2D eigenvalue weighted by molar-refractivity contribution is 5.91. The highest BCUT2D eigenvalue weighted by atomic mass is 16.1. The number of hydrogen-bond donors (Lipinski definition) is 0. The second-order valence-electron chi connectivity index (χ2n) is 12.5. The van der Waals surface area contributed by atoms with Crippen LogP contribution < -0.4 is 0 Å². The summed E-state index contributed by atoms with van der Waals surface area (Å²) in [5.74, 6) is 6.57. The fraction of sp³-hybridized carbons (Fsp3) is 0.893. The van der Waals surface area contributed by atoms with Crippen LogP contribution in [0.2, 0.25) is 0 Å². The van der Waals surface area contributed by atoms with Crippen molar-refractivity contribution in [2.45, 2.75) is 106 Å². The first kappa shape index (κ1) is 21.6. The number of carbonyl (C=O) groups excluding carboxylic acids is 1. The normalized spacial score (nSPS) is 44.0. The van der Waals surface area contributed by atoms with Crippen LogP contribution in [0.25, 0.3) is 0 Å². The number of allylic oxidation sites excluding steroid dienone is 1. The van der Waals surface area contributed by atoms with E-state index in [0.717, 1.165) is 54.3 Å². The zero-order chi connectivity index (χ0) is 21.0. The van der Waals surface area contributed by atoms with Gasteiger partial charge in [0.05, 0.1) is 0 Å².